The molecule has 142 valence electrons. The molecule has 0 amide bonds. The Bertz CT molecular complexity index is 918. The van der Waals surface area contributed by atoms with Crippen molar-refractivity contribution < 1.29 is 13.3 Å². The number of nitrogens with zero attached hydrogens (tertiary/aromatic N) is 2. The molecule has 4 nitrogen and oxygen atoms in total. The van der Waals surface area contributed by atoms with Crippen LogP contribution in [0.4, 0.5) is 8.78 Å². The molecule has 1 aliphatic carbocycles. The van der Waals surface area contributed by atoms with Gasteiger partial charge in [-0.3, -0.25) is 0 Å². The Balaban J connectivity index is 0.00000210. The topological polar surface area (TPSA) is 64.9 Å². The summed E-state index contributed by atoms with van der Waals surface area (Å²) in [6.45, 7) is 0. The van der Waals surface area contributed by atoms with Gasteiger partial charge in [-0.1, -0.05) is 35.5 Å². The predicted molar refractivity (Wildman–Crippen MR) is 102 cm³/mol. The fraction of sp³-hybridized carbons (Fsp3) is 0.263. The summed E-state index contributed by atoms with van der Waals surface area (Å²) in [4.78, 5) is 5.10. The van der Waals surface area contributed by atoms with Crippen molar-refractivity contribution in [2.24, 2.45) is 5.73 Å². The molecule has 1 heterocycles. The van der Waals surface area contributed by atoms with Gasteiger partial charge in [0.25, 0.3) is 0 Å². The lowest BCUT2D eigenvalue weighted by Crippen LogP contribution is -2.44. The van der Waals surface area contributed by atoms with Gasteiger partial charge in [0.1, 0.15) is 5.25 Å². The minimum atomic E-state index is -0.886. The van der Waals surface area contributed by atoms with E-state index in [4.69, 9.17) is 10.3 Å². The second-order valence-electron chi connectivity index (χ2n) is 6.45. The van der Waals surface area contributed by atoms with Crippen LogP contribution in [0.3, 0.4) is 0 Å². The van der Waals surface area contributed by atoms with Crippen LogP contribution in [0.15, 0.2) is 57.9 Å². The summed E-state index contributed by atoms with van der Waals surface area (Å²) in [5.74, 6) is -0.854. The van der Waals surface area contributed by atoms with Gasteiger partial charge in [0, 0.05) is 4.90 Å². The Labute approximate surface area is 165 Å². The molecule has 0 spiro atoms. The summed E-state index contributed by atoms with van der Waals surface area (Å²) in [6.07, 6.45) is 2.71. The fourth-order valence-electron chi connectivity index (χ4n) is 2.90. The van der Waals surface area contributed by atoms with Crippen LogP contribution in [0.25, 0.3) is 0 Å². The Morgan fingerprint density at radius 3 is 2.44 bits per heavy atom. The molecule has 0 radical (unpaired) electrons. The predicted octanol–water partition coefficient (Wildman–Crippen LogP) is 4.99. The first kappa shape index (κ1) is 19.8. The molecule has 8 heteroatoms. The monoisotopic (exact) mass is 409 g/mol. The molecular weight excluding hydrogens is 392 g/mol. The van der Waals surface area contributed by atoms with Gasteiger partial charge in [0.15, 0.2) is 17.5 Å². The molecule has 1 saturated carbocycles. The molecular formula is C19H18ClF2N3OS. The normalized spacial score (nSPS) is 16.3. The van der Waals surface area contributed by atoms with Crippen LogP contribution >= 0.6 is 24.2 Å². The van der Waals surface area contributed by atoms with Gasteiger partial charge < -0.3 is 10.3 Å². The third-order valence-electron chi connectivity index (χ3n) is 4.60. The van der Waals surface area contributed by atoms with Gasteiger partial charge in [-0.25, -0.2) is 8.78 Å². The van der Waals surface area contributed by atoms with Crippen LogP contribution in [-0.4, -0.2) is 10.1 Å². The molecule has 1 aliphatic rings. The van der Waals surface area contributed by atoms with Gasteiger partial charge in [-0.15, -0.1) is 24.2 Å². The first-order chi connectivity index (χ1) is 12.5. The summed E-state index contributed by atoms with van der Waals surface area (Å²) in [7, 11) is 0. The average Bonchev–Trinajstić information content (AvgIpc) is 3.11. The van der Waals surface area contributed by atoms with Crippen LogP contribution in [-0.2, 0) is 5.54 Å². The van der Waals surface area contributed by atoms with E-state index in [0.29, 0.717) is 16.6 Å². The maximum atomic E-state index is 13.6. The Hall–Kier alpha value is -1.96. The van der Waals surface area contributed by atoms with Crippen molar-refractivity contribution in [1.82, 2.24) is 10.1 Å². The first-order valence-electron chi connectivity index (χ1n) is 8.35. The van der Waals surface area contributed by atoms with Crippen molar-refractivity contribution >= 4 is 24.2 Å². The first-order valence-corrected chi connectivity index (χ1v) is 9.23. The molecule has 1 fully saturated rings. The lowest BCUT2D eigenvalue weighted by Gasteiger charge is -2.34. The van der Waals surface area contributed by atoms with Crippen LogP contribution in [0.2, 0.25) is 0 Å². The van der Waals surface area contributed by atoms with Gasteiger partial charge in [-0.05, 0) is 43.0 Å². The largest absolute Gasteiger partial charge is 0.338 e. The van der Waals surface area contributed by atoms with E-state index in [2.05, 4.69) is 10.1 Å². The lowest BCUT2D eigenvalue weighted by molar-refractivity contribution is 0.229. The molecule has 27 heavy (non-hydrogen) atoms. The Morgan fingerprint density at radius 2 is 1.81 bits per heavy atom. The van der Waals surface area contributed by atoms with Gasteiger partial charge in [0.2, 0.25) is 5.89 Å². The number of nitrogens with two attached hydrogens (primary N) is 1. The van der Waals surface area contributed by atoms with E-state index in [0.717, 1.165) is 30.9 Å². The number of rotatable bonds is 5. The summed E-state index contributed by atoms with van der Waals surface area (Å²) >= 11 is 1.32. The second kappa shape index (κ2) is 7.96. The summed E-state index contributed by atoms with van der Waals surface area (Å²) in [6, 6.07) is 13.4. The fourth-order valence-corrected chi connectivity index (χ4v) is 3.98. The number of aromatic nitrogens is 2. The minimum absolute atomic E-state index is 0. The van der Waals surface area contributed by atoms with Gasteiger partial charge in [-0.2, -0.15) is 4.98 Å². The molecule has 0 aliphatic heterocycles. The van der Waals surface area contributed by atoms with Crippen LogP contribution in [0.1, 0.15) is 41.8 Å². The van der Waals surface area contributed by atoms with Gasteiger partial charge in [0.05, 0.1) is 5.54 Å². The SMILES string of the molecule is Cl.NC1(c2noc(C(Sc3ccc(F)c(F)c3)c3ccccc3)n2)CCC1. The van der Waals surface area contributed by atoms with E-state index in [1.54, 1.807) is 0 Å². The third kappa shape index (κ3) is 4.00. The molecule has 1 aromatic heterocycles. The number of benzene rings is 2. The van der Waals surface area contributed by atoms with Crippen molar-refractivity contribution in [1.29, 1.82) is 0 Å². The van der Waals surface area contributed by atoms with Crippen molar-refractivity contribution in [3.8, 4) is 0 Å². The number of hydrogen-bond donors (Lipinski definition) is 1. The molecule has 4 rings (SSSR count). The molecule has 1 unspecified atom stereocenters. The maximum Gasteiger partial charge on any atom is 0.244 e. The second-order valence-corrected chi connectivity index (χ2v) is 7.63. The third-order valence-corrected chi connectivity index (χ3v) is 5.84. The Kier molecular flexibility index (Phi) is 5.83. The highest BCUT2D eigenvalue weighted by Gasteiger charge is 2.39. The van der Waals surface area contributed by atoms with E-state index in [1.807, 2.05) is 30.3 Å². The van der Waals surface area contributed by atoms with Crippen LogP contribution in [0.5, 0.6) is 0 Å². The summed E-state index contributed by atoms with van der Waals surface area (Å²) in [5.41, 5.74) is 6.69. The van der Waals surface area contributed by atoms with Crippen LogP contribution < -0.4 is 5.73 Å². The number of thioether (sulfide) groups is 1. The summed E-state index contributed by atoms with van der Waals surface area (Å²) < 4.78 is 32.3. The molecule has 2 N–H and O–H groups in total. The molecule has 0 saturated heterocycles. The highest BCUT2D eigenvalue weighted by atomic mass is 35.5. The van der Waals surface area contributed by atoms with E-state index in [-0.39, 0.29) is 17.7 Å². The van der Waals surface area contributed by atoms with Gasteiger partial charge >= 0.3 is 0 Å². The van der Waals surface area contributed by atoms with E-state index in [1.165, 1.54) is 23.9 Å². The van der Waals surface area contributed by atoms with Crippen LogP contribution in [0, 0.1) is 11.6 Å². The zero-order chi connectivity index (χ0) is 18.1. The highest BCUT2D eigenvalue weighted by molar-refractivity contribution is 7.99. The minimum Gasteiger partial charge on any atom is -0.338 e. The quantitative estimate of drug-likeness (QED) is 0.601. The molecule has 3 aromatic rings. The molecule has 0 bridgehead atoms. The zero-order valence-electron chi connectivity index (χ0n) is 14.3. The Morgan fingerprint density at radius 1 is 1.07 bits per heavy atom. The zero-order valence-corrected chi connectivity index (χ0v) is 15.9. The number of halogens is 3. The maximum absolute atomic E-state index is 13.6. The number of hydrogen-bond acceptors (Lipinski definition) is 5. The van der Waals surface area contributed by atoms with E-state index >= 15 is 0 Å². The van der Waals surface area contributed by atoms with E-state index < -0.39 is 17.2 Å². The highest BCUT2D eigenvalue weighted by Crippen LogP contribution is 2.42. The van der Waals surface area contributed by atoms with Crippen molar-refractivity contribution in [3.05, 3.63) is 77.4 Å². The average molecular weight is 410 g/mol. The lowest BCUT2D eigenvalue weighted by atomic mass is 9.77. The summed E-state index contributed by atoms with van der Waals surface area (Å²) in [5, 5.41) is 3.73. The molecule has 1 atom stereocenters. The standard InChI is InChI=1S/C19H17F2N3OS.ClH/c20-14-8-7-13(11-15(14)21)26-16(12-5-2-1-3-6-12)17-23-18(24-25-17)19(22)9-4-10-19;/h1-3,5-8,11,16H,4,9-10,22H2;1H. The van der Waals surface area contributed by atoms with Crippen molar-refractivity contribution in [2.45, 2.75) is 34.9 Å². The van der Waals surface area contributed by atoms with Crippen molar-refractivity contribution in [2.75, 3.05) is 0 Å². The smallest absolute Gasteiger partial charge is 0.244 e. The van der Waals surface area contributed by atoms with E-state index in [9.17, 15) is 8.78 Å². The molecule has 2 aromatic carbocycles. The van der Waals surface area contributed by atoms with Crippen molar-refractivity contribution in [3.63, 3.8) is 0 Å².